The van der Waals surface area contributed by atoms with Gasteiger partial charge in [-0.3, -0.25) is 9.59 Å². The second-order valence-electron chi connectivity index (χ2n) is 20.2. The minimum atomic E-state index is -0.641. The molecule has 0 aromatic carbocycles. The Hall–Kier alpha value is -2.30. The topological polar surface area (TPSA) is 142 Å². The molecular weight excluding hydrogens is 667 g/mol. The van der Waals surface area contributed by atoms with Gasteiger partial charge < -0.3 is 25.6 Å². The van der Waals surface area contributed by atoms with Crippen LogP contribution in [0.3, 0.4) is 0 Å². The molecule has 1 aliphatic heterocycles. The molecule has 0 radical (unpaired) electrons. The Morgan fingerprint density at radius 3 is 2.47 bits per heavy atom. The van der Waals surface area contributed by atoms with Gasteiger partial charge in [-0.05, 0) is 97.7 Å². The molecule has 1 saturated heterocycles. The minimum absolute atomic E-state index is 0.178. The molecule has 2 heterocycles. The lowest BCUT2D eigenvalue weighted by molar-refractivity contribution is -0.252. The number of hydrogen-bond donors (Lipinski definition) is 3. The van der Waals surface area contributed by atoms with E-state index in [1.165, 1.54) is 5.57 Å². The van der Waals surface area contributed by atoms with E-state index in [-0.39, 0.29) is 62.8 Å². The number of carboxylic acid groups (broad SMARTS) is 1. The largest absolute Gasteiger partial charge is 0.481 e. The van der Waals surface area contributed by atoms with Crippen LogP contribution in [0.15, 0.2) is 18.0 Å². The van der Waals surface area contributed by atoms with Gasteiger partial charge in [-0.2, -0.15) is 0 Å². The summed E-state index contributed by atoms with van der Waals surface area (Å²) in [6.07, 6.45) is 11.3. The Morgan fingerprint density at radius 1 is 1.11 bits per heavy atom. The monoisotopic (exact) mass is 738 g/mol. The molecular formula is C43H71N5O5. The molecule has 6 rings (SSSR count). The maximum absolute atomic E-state index is 13.5. The van der Waals surface area contributed by atoms with Gasteiger partial charge in [0.25, 0.3) is 5.91 Å². The highest BCUT2D eigenvalue weighted by Crippen LogP contribution is 2.75. The number of carboxylic acids is 1. The van der Waals surface area contributed by atoms with E-state index in [2.05, 4.69) is 92.5 Å². The summed E-state index contributed by atoms with van der Waals surface area (Å²) in [6, 6.07) is -0.193. The van der Waals surface area contributed by atoms with Crippen molar-refractivity contribution in [1.82, 2.24) is 20.1 Å². The van der Waals surface area contributed by atoms with Crippen LogP contribution in [-0.2, 0) is 14.3 Å². The van der Waals surface area contributed by atoms with Gasteiger partial charge in [0.2, 0.25) is 5.82 Å². The molecule has 5 aliphatic rings. The molecule has 53 heavy (non-hydrogen) atoms. The van der Waals surface area contributed by atoms with Crippen LogP contribution in [0.4, 0.5) is 0 Å². The van der Waals surface area contributed by atoms with Crippen LogP contribution in [-0.4, -0.2) is 69.8 Å². The van der Waals surface area contributed by atoms with E-state index in [0.29, 0.717) is 44.1 Å². The van der Waals surface area contributed by atoms with Crippen LogP contribution in [0.1, 0.15) is 144 Å². The van der Waals surface area contributed by atoms with E-state index in [1.807, 2.05) is 4.68 Å². The number of carbonyl (C=O) groups is 2. The first-order valence-corrected chi connectivity index (χ1v) is 20.8. The molecule has 1 aromatic rings. The Bertz CT molecular complexity index is 1570. The molecule has 3 saturated carbocycles. The van der Waals surface area contributed by atoms with Crippen LogP contribution in [0, 0.1) is 62.6 Å². The molecule has 4 fully saturated rings. The van der Waals surface area contributed by atoms with Crippen LogP contribution < -0.4 is 11.1 Å². The fourth-order valence-corrected chi connectivity index (χ4v) is 12.6. The number of rotatable bonds is 12. The Balaban J connectivity index is 1.43. The number of hydrogen-bond acceptors (Lipinski definition) is 7. The van der Waals surface area contributed by atoms with E-state index < -0.39 is 17.4 Å². The fourth-order valence-electron chi connectivity index (χ4n) is 12.6. The van der Waals surface area contributed by atoms with Crippen molar-refractivity contribution in [3.8, 4) is 0 Å². The van der Waals surface area contributed by atoms with Gasteiger partial charge in [-0.25, -0.2) is 9.67 Å². The number of amides is 1. The normalized spacial score (nSPS) is 41.1. The molecule has 10 nitrogen and oxygen atoms in total. The molecule has 298 valence electrons. The predicted molar refractivity (Wildman–Crippen MR) is 207 cm³/mol. The molecule has 1 unspecified atom stereocenters. The third-order valence-corrected chi connectivity index (χ3v) is 16.8. The van der Waals surface area contributed by atoms with Crippen molar-refractivity contribution >= 4 is 11.9 Å². The number of carbonyl (C=O) groups excluding carboxylic acids is 1. The first kappa shape index (κ1) is 40.4. The quantitative estimate of drug-likeness (QED) is 0.146. The number of aromatic nitrogens is 3. The number of aliphatic carboxylic acids is 1. The lowest BCUT2D eigenvalue weighted by atomic mass is 9.34. The Kier molecular flexibility index (Phi) is 10.7. The van der Waals surface area contributed by atoms with Crippen molar-refractivity contribution in [2.45, 2.75) is 145 Å². The van der Waals surface area contributed by atoms with E-state index in [4.69, 9.17) is 20.3 Å². The summed E-state index contributed by atoms with van der Waals surface area (Å²) >= 11 is 0. The van der Waals surface area contributed by atoms with Crippen molar-refractivity contribution in [2.24, 2.45) is 68.3 Å². The lowest BCUT2D eigenvalue weighted by Crippen LogP contribution is -2.69. The average molecular weight is 738 g/mol. The SMILES string of the molecule is CCCCNC(=O)c1ncn([C@@H]2CC34COC[C@@](C)([C@@H]3CC[C@H]3C4=CC[C@@]4(C)[C@H](C(=O)O)[C@@](C)([C@H](C)C(C)C)CC[C@]34C)[C@H]2OC[C@](C)(N)C(C)C)n1. The summed E-state index contributed by atoms with van der Waals surface area (Å²) in [7, 11) is 0. The van der Waals surface area contributed by atoms with E-state index in [1.54, 1.807) is 6.33 Å². The highest BCUT2D eigenvalue weighted by atomic mass is 16.5. The van der Waals surface area contributed by atoms with Crippen molar-refractivity contribution in [3.63, 3.8) is 0 Å². The zero-order valence-corrected chi connectivity index (χ0v) is 34.8. The van der Waals surface area contributed by atoms with Crippen molar-refractivity contribution in [2.75, 3.05) is 26.4 Å². The Morgan fingerprint density at radius 2 is 1.83 bits per heavy atom. The van der Waals surface area contributed by atoms with Crippen LogP contribution in [0.5, 0.6) is 0 Å². The number of nitrogens with two attached hydrogens (primary N) is 1. The summed E-state index contributed by atoms with van der Waals surface area (Å²) < 4.78 is 15.7. The highest BCUT2D eigenvalue weighted by molar-refractivity contribution is 5.90. The van der Waals surface area contributed by atoms with Gasteiger partial charge in [0.15, 0.2) is 0 Å². The number of allylic oxidation sites excluding steroid dienone is 1. The molecule has 1 amide bonds. The zero-order valence-electron chi connectivity index (χ0n) is 34.8. The van der Waals surface area contributed by atoms with E-state index >= 15 is 0 Å². The van der Waals surface area contributed by atoms with Gasteiger partial charge in [0.05, 0.1) is 37.9 Å². The molecule has 1 aromatic heterocycles. The number of fused-ring (bicyclic) bond motifs is 3. The summed E-state index contributed by atoms with van der Waals surface area (Å²) in [5.74, 6) is 0.333. The van der Waals surface area contributed by atoms with Gasteiger partial charge in [-0.15, -0.1) is 5.10 Å². The third-order valence-electron chi connectivity index (χ3n) is 16.8. The van der Waals surface area contributed by atoms with Crippen molar-refractivity contribution in [3.05, 3.63) is 23.8 Å². The molecule has 12 atom stereocenters. The number of ether oxygens (including phenoxy) is 2. The fraction of sp³-hybridized carbons (Fsp3) is 0.860. The lowest BCUT2D eigenvalue weighted by Gasteiger charge is -2.71. The van der Waals surface area contributed by atoms with Gasteiger partial charge >= 0.3 is 5.97 Å². The second kappa shape index (κ2) is 14.0. The standard InChI is InChI=1S/C43H71N5O5/c1-12-13-20-45-36(49)35-46-25-48(47-35)31-21-43-24-52-22-39(8,34(31)53-23-42(11,44)27(4)5)32(43)15-14-29-30(43)16-17-41(10)33(37(50)51)38(7,28(6)26(2)3)18-19-40(29,41)9/h16,25-29,31-34H,12-15,17-24,44H2,1-11H3,(H,45,49)(H,50,51)/t28-,29+,31-,32+,33-,34+,38-,39+,40-,41+,42+,43?/m1/s1. The maximum atomic E-state index is 13.5. The number of unbranched alkanes of at least 4 members (excludes halogenated alkanes) is 1. The van der Waals surface area contributed by atoms with E-state index in [9.17, 15) is 14.7 Å². The van der Waals surface area contributed by atoms with Gasteiger partial charge in [0, 0.05) is 22.9 Å². The Labute approximate surface area is 319 Å². The predicted octanol–water partition coefficient (Wildman–Crippen LogP) is 7.70. The van der Waals surface area contributed by atoms with Crippen LogP contribution in [0.2, 0.25) is 0 Å². The summed E-state index contributed by atoms with van der Waals surface area (Å²) in [5.41, 5.74) is 6.30. The van der Waals surface area contributed by atoms with Crippen molar-refractivity contribution < 1.29 is 24.2 Å². The summed E-state index contributed by atoms with van der Waals surface area (Å²) in [6.45, 7) is 26.7. The maximum Gasteiger partial charge on any atom is 0.307 e. The molecule has 4 N–H and O–H groups in total. The average Bonchev–Trinajstić information content (AvgIpc) is 3.58. The molecule has 10 heteroatoms. The molecule has 0 spiro atoms. The molecule has 4 aliphatic carbocycles. The first-order chi connectivity index (χ1) is 24.7. The minimum Gasteiger partial charge on any atom is -0.481 e. The van der Waals surface area contributed by atoms with E-state index in [0.717, 1.165) is 51.4 Å². The van der Waals surface area contributed by atoms with Crippen LogP contribution in [0.25, 0.3) is 0 Å². The summed E-state index contributed by atoms with van der Waals surface area (Å²) in [5, 5.41) is 19.0. The number of nitrogens with zero attached hydrogens (tertiary/aromatic N) is 3. The second-order valence-corrected chi connectivity index (χ2v) is 20.2. The highest BCUT2D eigenvalue weighted by Gasteiger charge is 2.72. The van der Waals surface area contributed by atoms with Crippen molar-refractivity contribution in [1.29, 1.82) is 0 Å². The van der Waals surface area contributed by atoms with Gasteiger partial charge in [0.1, 0.15) is 6.33 Å². The number of nitrogens with one attached hydrogen (secondary N) is 1. The van der Waals surface area contributed by atoms with Gasteiger partial charge in [-0.1, -0.05) is 87.3 Å². The summed E-state index contributed by atoms with van der Waals surface area (Å²) in [4.78, 5) is 31.2. The molecule has 2 bridgehead atoms. The first-order valence-electron chi connectivity index (χ1n) is 20.8. The zero-order chi connectivity index (χ0) is 38.9. The smallest absolute Gasteiger partial charge is 0.307 e. The van der Waals surface area contributed by atoms with Crippen LogP contribution >= 0.6 is 0 Å². The third kappa shape index (κ3) is 6.14.